The summed E-state index contributed by atoms with van der Waals surface area (Å²) in [4.78, 5) is 0.142. The minimum Gasteiger partial charge on any atom is -0.340 e. The first-order valence-corrected chi connectivity index (χ1v) is 13.2. The van der Waals surface area contributed by atoms with Crippen molar-refractivity contribution in [3.63, 3.8) is 0 Å². The number of fused-ring (bicyclic) bond motifs is 1. The number of nitrogens with zero attached hydrogens (tertiary/aromatic N) is 2. The summed E-state index contributed by atoms with van der Waals surface area (Å²) in [6, 6.07) is 21.4. The van der Waals surface area contributed by atoms with Crippen molar-refractivity contribution in [2.24, 2.45) is 0 Å². The van der Waals surface area contributed by atoms with Crippen LogP contribution in [0.25, 0.3) is 10.9 Å². The van der Waals surface area contributed by atoms with E-state index in [1.165, 1.54) is 56.3 Å². The first-order valence-electron chi connectivity index (χ1n) is 11.4. The van der Waals surface area contributed by atoms with Crippen molar-refractivity contribution >= 4 is 32.5 Å². The van der Waals surface area contributed by atoms with E-state index in [9.17, 15) is 12.8 Å². The van der Waals surface area contributed by atoms with Crippen LogP contribution in [0.1, 0.15) is 35.6 Å². The molecule has 0 amide bonds. The fourth-order valence-electron chi connectivity index (χ4n) is 5.09. The van der Waals surface area contributed by atoms with Gasteiger partial charge in [-0.1, -0.05) is 41.9 Å². The Hall–Kier alpha value is -2.67. The van der Waals surface area contributed by atoms with Crippen LogP contribution in [-0.2, 0) is 16.6 Å². The lowest BCUT2D eigenvalue weighted by atomic mass is 9.88. The SMILES string of the molecule is Cc1c(C2CCN(S(=O)(=O)c3ccc(F)cc3)CC2)c2ccccc2n1Cc1ccc(Cl)cc1. The number of hydrogen-bond acceptors (Lipinski definition) is 2. The van der Waals surface area contributed by atoms with Crippen molar-refractivity contribution in [2.45, 2.75) is 37.1 Å². The van der Waals surface area contributed by atoms with Gasteiger partial charge in [0.15, 0.2) is 0 Å². The van der Waals surface area contributed by atoms with Gasteiger partial charge in [0.2, 0.25) is 10.0 Å². The highest BCUT2D eigenvalue weighted by molar-refractivity contribution is 7.89. The second-order valence-corrected chi connectivity index (χ2v) is 11.2. The Morgan fingerprint density at radius 3 is 2.26 bits per heavy atom. The number of para-hydroxylation sites is 1. The Morgan fingerprint density at radius 1 is 0.941 bits per heavy atom. The average Bonchev–Trinajstić information content (AvgIpc) is 3.12. The van der Waals surface area contributed by atoms with Gasteiger partial charge in [0.1, 0.15) is 5.82 Å². The monoisotopic (exact) mass is 496 g/mol. The minimum absolute atomic E-state index is 0.142. The third-order valence-corrected chi connectivity index (χ3v) is 9.01. The molecule has 0 N–H and O–H groups in total. The molecule has 7 heteroatoms. The zero-order valence-electron chi connectivity index (χ0n) is 18.9. The summed E-state index contributed by atoms with van der Waals surface area (Å²) in [7, 11) is -3.63. The van der Waals surface area contributed by atoms with Crippen LogP contribution in [0.2, 0.25) is 5.02 Å². The van der Waals surface area contributed by atoms with Gasteiger partial charge in [0.05, 0.1) is 4.90 Å². The number of hydrogen-bond donors (Lipinski definition) is 0. The van der Waals surface area contributed by atoms with Gasteiger partial charge in [-0.3, -0.25) is 0 Å². The number of rotatable bonds is 5. The summed E-state index contributed by atoms with van der Waals surface area (Å²) in [6.07, 6.45) is 1.49. The van der Waals surface area contributed by atoms with Gasteiger partial charge in [0, 0.05) is 41.3 Å². The van der Waals surface area contributed by atoms with Crippen molar-refractivity contribution < 1.29 is 12.8 Å². The molecule has 0 unspecified atom stereocenters. The van der Waals surface area contributed by atoms with Crippen LogP contribution in [0.4, 0.5) is 4.39 Å². The molecule has 0 bridgehead atoms. The van der Waals surface area contributed by atoms with Crippen molar-refractivity contribution in [1.29, 1.82) is 0 Å². The maximum Gasteiger partial charge on any atom is 0.243 e. The molecule has 0 atom stereocenters. The maximum atomic E-state index is 13.3. The van der Waals surface area contributed by atoms with E-state index in [1.54, 1.807) is 0 Å². The summed E-state index contributed by atoms with van der Waals surface area (Å²) in [6.45, 7) is 3.80. The van der Waals surface area contributed by atoms with Crippen molar-refractivity contribution in [1.82, 2.24) is 8.87 Å². The zero-order chi connectivity index (χ0) is 23.9. The quantitative estimate of drug-likeness (QED) is 0.322. The van der Waals surface area contributed by atoms with E-state index in [-0.39, 0.29) is 10.8 Å². The van der Waals surface area contributed by atoms with Crippen LogP contribution in [0.15, 0.2) is 77.7 Å². The second kappa shape index (κ2) is 9.17. The molecule has 1 saturated heterocycles. The summed E-state index contributed by atoms with van der Waals surface area (Å²) in [5.74, 6) is -0.167. The van der Waals surface area contributed by atoms with E-state index in [0.717, 1.165) is 24.4 Å². The third kappa shape index (κ3) is 4.26. The molecule has 4 aromatic rings. The number of aromatic nitrogens is 1. The van der Waals surface area contributed by atoms with Crippen molar-refractivity contribution in [3.8, 4) is 0 Å². The van der Waals surface area contributed by atoms with Crippen LogP contribution >= 0.6 is 11.6 Å². The van der Waals surface area contributed by atoms with Crippen LogP contribution in [-0.4, -0.2) is 30.4 Å². The van der Waals surface area contributed by atoms with E-state index in [4.69, 9.17) is 11.6 Å². The molecule has 3 aromatic carbocycles. The summed E-state index contributed by atoms with van der Waals surface area (Å²) in [5, 5.41) is 1.95. The lowest BCUT2D eigenvalue weighted by Gasteiger charge is -2.31. The Kier molecular flexibility index (Phi) is 6.23. The molecule has 0 radical (unpaired) electrons. The van der Waals surface area contributed by atoms with E-state index in [0.29, 0.717) is 13.1 Å². The molecule has 34 heavy (non-hydrogen) atoms. The topological polar surface area (TPSA) is 42.3 Å². The molecule has 2 heterocycles. The molecule has 176 valence electrons. The van der Waals surface area contributed by atoms with Crippen molar-refractivity contribution in [2.75, 3.05) is 13.1 Å². The Balaban J connectivity index is 1.42. The summed E-state index contributed by atoms with van der Waals surface area (Å²) < 4.78 is 43.2. The predicted octanol–water partition coefficient (Wildman–Crippen LogP) is 6.36. The molecule has 4 nitrogen and oxygen atoms in total. The summed E-state index contributed by atoms with van der Waals surface area (Å²) >= 11 is 6.07. The standard InChI is InChI=1S/C27H26ClFN2O2S/c1-19-27(21-14-16-30(17-15-21)34(32,33)24-12-10-23(29)11-13-24)25-4-2-3-5-26(25)31(19)18-20-6-8-22(28)9-7-20/h2-13,21H,14-18H2,1H3. The molecule has 5 rings (SSSR count). The van der Waals surface area contributed by atoms with Crippen molar-refractivity contribution in [3.05, 3.63) is 100 Å². The molecule has 0 spiro atoms. The van der Waals surface area contributed by atoms with Gasteiger partial charge in [-0.15, -0.1) is 0 Å². The highest BCUT2D eigenvalue weighted by atomic mass is 35.5. The van der Waals surface area contributed by atoms with Gasteiger partial charge < -0.3 is 4.57 Å². The zero-order valence-corrected chi connectivity index (χ0v) is 20.5. The second-order valence-electron chi connectivity index (χ2n) is 8.86. The van der Waals surface area contributed by atoms with Gasteiger partial charge in [-0.2, -0.15) is 4.31 Å². The smallest absolute Gasteiger partial charge is 0.243 e. The fraction of sp³-hybridized carbons (Fsp3) is 0.259. The lowest BCUT2D eigenvalue weighted by molar-refractivity contribution is 0.319. The van der Waals surface area contributed by atoms with Crippen LogP contribution in [0.5, 0.6) is 0 Å². The van der Waals surface area contributed by atoms with E-state index < -0.39 is 15.8 Å². The summed E-state index contributed by atoms with van der Waals surface area (Å²) in [5.41, 5.74) is 4.89. The highest BCUT2D eigenvalue weighted by Gasteiger charge is 2.32. The Morgan fingerprint density at radius 2 is 1.59 bits per heavy atom. The molecular weight excluding hydrogens is 471 g/mol. The van der Waals surface area contributed by atoms with Gasteiger partial charge >= 0.3 is 0 Å². The first kappa shape index (κ1) is 23.1. The van der Waals surface area contributed by atoms with Gasteiger partial charge in [-0.05, 0) is 79.3 Å². The van der Waals surface area contributed by atoms with E-state index >= 15 is 0 Å². The first-order chi connectivity index (χ1) is 16.3. The molecule has 1 fully saturated rings. The number of benzene rings is 3. The van der Waals surface area contributed by atoms with Gasteiger partial charge in [-0.25, -0.2) is 12.8 Å². The number of piperidine rings is 1. The fourth-order valence-corrected chi connectivity index (χ4v) is 6.69. The molecule has 0 saturated carbocycles. The lowest BCUT2D eigenvalue weighted by Crippen LogP contribution is -2.38. The Bertz CT molecular complexity index is 1420. The van der Waals surface area contributed by atoms with Gasteiger partial charge in [0.25, 0.3) is 0 Å². The van der Waals surface area contributed by atoms with Crippen LogP contribution < -0.4 is 0 Å². The normalized spacial score (nSPS) is 15.7. The predicted molar refractivity (Wildman–Crippen MR) is 134 cm³/mol. The van der Waals surface area contributed by atoms with E-state index in [2.05, 4.69) is 47.9 Å². The van der Waals surface area contributed by atoms with Crippen LogP contribution in [0.3, 0.4) is 0 Å². The highest BCUT2D eigenvalue weighted by Crippen LogP contribution is 2.38. The molecule has 0 aliphatic carbocycles. The third-order valence-electron chi connectivity index (χ3n) is 6.85. The number of sulfonamides is 1. The molecule has 1 aromatic heterocycles. The Labute approximate surface area is 204 Å². The largest absolute Gasteiger partial charge is 0.340 e. The van der Waals surface area contributed by atoms with Crippen LogP contribution in [0, 0.1) is 12.7 Å². The number of halogens is 2. The maximum absolute atomic E-state index is 13.3. The molecular formula is C27H26ClFN2O2S. The van der Waals surface area contributed by atoms with E-state index in [1.807, 2.05) is 12.1 Å². The molecule has 1 aliphatic heterocycles. The minimum atomic E-state index is -3.63. The molecule has 1 aliphatic rings. The average molecular weight is 497 g/mol.